The smallest absolute Gasteiger partial charge is 0.203 e. The van der Waals surface area contributed by atoms with E-state index in [1.54, 1.807) is 21.3 Å². The van der Waals surface area contributed by atoms with Crippen molar-refractivity contribution in [3.05, 3.63) is 41.6 Å². The highest BCUT2D eigenvalue weighted by Gasteiger charge is 2.28. The standard InChI is InChI=1S/C21H21NO4/c1-22-8-7-12-9-14-15(11-16(12)22)19-13(5-6-17(14)23)10-18(24-2)20(25-3)21(19)26-4/h7-11H,5-6H2,1-4H3. The highest BCUT2D eigenvalue weighted by atomic mass is 16.5. The molecule has 0 saturated heterocycles. The van der Waals surface area contributed by atoms with Gasteiger partial charge >= 0.3 is 0 Å². The maximum Gasteiger partial charge on any atom is 0.203 e. The first-order valence-corrected chi connectivity index (χ1v) is 8.53. The number of Topliss-reactive ketones (excluding diaryl/α,β-unsaturated/α-hetero) is 1. The molecular formula is C21H21NO4. The Labute approximate surface area is 152 Å². The Hall–Kier alpha value is -2.95. The first-order chi connectivity index (χ1) is 12.6. The number of rotatable bonds is 3. The Kier molecular flexibility index (Phi) is 3.87. The second-order valence-corrected chi connectivity index (χ2v) is 6.49. The lowest BCUT2D eigenvalue weighted by molar-refractivity contribution is 0.0984. The molecule has 0 atom stereocenters. The summed E-state index contributed by atoms with van der Waals surface area (Å²) in [5, 5.41) is 1.06. The summed E-state index contributed by atoms with van der Waals surface area (Å²) in [6, 6.07) is 8.04. The lowest BCUT2D eigenvalue weighted by atomic mass is 9.93. The molecule has 0 N–H and O–H groups in total. The second kappa shape index (κ2) is 6.09. The summed E-state index contributed by atoms with van der Waals surface area (Å²) >= 11 is 0. The molecule has 1 aliphatic carbocycles. The number of fused-ring (bicyclic) bond motifs is 4. The fraction of sp³-hybridized carbons (Fsp3) is 0.286. The summed E-state index contributed by atoms with van der Waals surface area (Å²) in [6.07, 6.45) is 3.09. The van der Waals surface area contributed by atoms with Gasteiger partial charge in [-0.15, -0.1) is 0 Å². The third-order valence-electron chi connectivity index (χ3n) is 5.13. The van der Waals surface area contributed by atoms with Crippen LogP contribution in [0.1, 0.15) is 22.3 Å². The van der Waals surface area contributed by atoms with Crippen LogP contribution in [0.4, 0.5) is 0 Å². The molecule has 0 amide bonds. The summed E-state index contributed by atoms with van der Waals surface area (Å²) in [7, 11) is 6.81. The Morgan fingerprint density at radius 1 is 0.923 bits per heavy atom. The molecule has 0 unspecified atom stereocenters. The van der Waals surface area contributed by atoms with Gasteiger partial charge in [0.2, 0.25) is 5.75 Å². The van der Waals surface area contributed by atoms with Crippen LogP contribution < -0.4 is 14.2 Å². The average Bonchev–Trinajstić information content (AvgIpc) is 2.96. The number of carbonyl (C=O) groups excluding carboxylic acids is 1. The minimum absolute atomic E-state index is 0.141. The zero-order chi connectivity index (χ0) is 18.4. The predicted molar refractivity (Wildman–Crippen MR) is 101 cm³/mol. The van der Waals surface area contributed by atoms with E-state index in [0.29, 0.717) is 30.1 Å². The van der Waals surface area contributed by atoms with E-state index in [-0.39, 0.29) is 5.78 Å². The van der Waals surface area contributed by atoms with Crippen molar-refractivity contribution in [1.29, 1.82) is 0 Å². The first kappa shape index (κ1) is 16.5. The van der Waals surface area contributed by atoms with E-state index in [4.69, 9.17) is 14.2 Å². The van der Waals surface area contributed by atoms with Crippen molar-refractivity contribution in [1.82, 2.24) is 4.57 Å². The number of carbonyl (C=O) groups is 1. The summed E-state index contributed by atoms with van der Waals surface area (Å²) in [5.41, 5.74) is 4.62. The van der Waals surface area contributed by atoms with Gasteiger partial charge in [-0.3, -0.25) is 4.79 Å². The van der Waals surface area contributed by atoms with Gasteiger partial charge in [0, 0.05) is 41.7 Å². The van der Waals surface area contributed by atoms with E-state index < -0.39 is 0 Å². The second-order valence-electron chi connectivity index (χ2n) is 6.49. The van der Waals surface area contributed by atoms with E-state index >= 15 is 0 Å². The summed E-state index contributed by atoms with van der Waals surface area (Å²) in [4.78, 5) is 12.8. The van der Waals surface area contributed by atoms with Crippen molar-refractivity contribution in [2.24, 2.45) is 7.05 Å². The lowest BCUT2D eigenvalue weighted by Gasteiger charge is -2.19. The molecule has 134 valence electrons. The maximum absolute atomic E-state index is 12.8. The largest absolute Gasteiger partial charge is 0.493 e. The number of ether oxygens (including phenoxy) is 3. The molecule has 0 spiro atoms. The van der Waals surface area contributed by atoms with Gasteiger partial charge in [0.05, 0.1) is 21.3 Å². The highest BCUT2D eigenvalue weighted by Crippen LogP contribution is 2.49. The van der Waals surface area contributed by atoms with E-state index in [1.165, 1.54) is 0 Å². The van der Waals surface area contributed by atoms with Gasteiger partial charge in [0.15, 0.2) is 17.3 Å². The summed E-state index contributed by atoms with van der Waals surface area (Å²) in [6.45, 7) is 0. The molecule has 0 bridgehead atoms. The molecule has 3 aromatic rings. The van der Waals surface area contributed by atoms with Crippen LogP contribution in [0, 0.1) is 0 Å². The van der Waals surface area contributed by atoms with Crippen molar-refractivity contribution in [3.8, 4) is 28.4 Å². The van der Waals surface area contributed by atoms with Gasteiger partial charge in [0.1, 0.15) is 0 Å². The van der Waals surface area contributed by atoms with Crippen LogP contribution >= 0.6 is 0 Å². The molecule has 2 aromatic carbocycles. The van der Waals surface area contributed by atoms with Crippen LogP contribution in [-0.4, -0.2) is 31.7 Å². The van der Waals surface area contributed by atoms with Crippen molar-refractivity contribution in [2.45, 2.75) is 12.8 Å². The zero-order valence-corrected chi connectivity index (χ0v) is 15.4. The van der Waals surface area contributed by atoms with Crippen molar-refractivity contribution in [3.63, 3.8) is 0 Å². The Bertz CT molecular complexity index is 1030. The van der Waals surface area contributed by atoms with Gasteiger partial charge in [-0.25, -0.2) is 0 Å². The molecule has 0 saturated carbocycles. The summed E-state index contributed by atoms with van der Waals surface area (Å²) < 4.78 is 18.8. The predicted octanol–water partition coefficient (Wildman–Crippen LogP) is 4.00. The minimum Gasteiger partial charge on any atom is -0.493 e. The molecule has 5 nitrogen and oxygen atoms in total. The van der Waals surface area contributed by atoms with E-state index in [1.807, 2.05) is 31.4 Å². The van der Waals surface area contributed by atoms with E-state index in [2.05, 4.69) is 10.6 Å². The topological polar surface area (TPSA) is 49.7 Å². The Balaban J connectivity index is 2.13. The summed E-state index contributed by atoms with van der Waals surface area (Å²) in [5.74, 6) is 1.90. The van der Waals surface area contributed by atoms with Gasteiger partial charge in [-0.2, -0.15) is 0 Å². The highest BCUT2D eigenvalue weighted by molar-refractivity contribution is 6.08. The number of benzene rings is 2. The molecule has 0 radical (unpaired) electrons. The van der Waals surface area contributed by atoms with Crippen molar-refractivity contribution in [2.75, 3.05) is 21.3 Å². The number of hydrogen-bond donors (Lipinski definition) is 0. The van der Waals surface area contributed by atoms with Crippen molar-refractivity contribution < 1.29 is 19.0 Å². The normalized spacial score (nSPS) is 13.2. The van der Waals surface area contributed by atoms with E-state index in [9.17, 15) is 4.79 Å². The van der Waals surface area contributed by atoms with Crippen LogP contribution in [0.5, 0.6) is 17.2 Å². The quantitative estimate of drug-likeness (QED) is 0.716. The first-order valence-electron chi connectivity index (χ1n) is 8.53. The van der Waals surface area contributed by atoms with Crippen LogP contribution in [0.15, 0.2) is 30.5 Å². The number of nitrogens with zero attached hydrogens (tertiary/aromatic N) is 1. The number of aryl methyl sites for hydroxylation is 2. The molecule has 1 aromatic heterocycles. The molecule has 5 heteroatoms. The maximum atomic E-state index is 12.8. The van der Waals surface area contributed by atoms with Crippen LogP contribution in [0.2, 0.25) is 0 Å². The molecule has 26 heavy (non-hydrogen) atoms. The van der Waals surface area contributed by atoms with Crippen LogP contribution in [0.3, 0.4) is 0 Å². The number of ketones is 1. The number of methoxy groups -OCH3 is 3. The fourth-order valence-corrected chi connectivity index (χ4v) is 3.84. The molecular weight excluding hydrogens is 330 g/mol. The number of hydrogen-bond acceptors (Lipinski definition) is 4. The zero-order valence-electron chi connectivity index (χ0n) is 15.4. The van der Waals surface area contributed by atoms with Gasteiger partial charge in [-0.05, 0) is 41.8 Å². The van der Waals surface area contributed by atoms with E-state index in [0.717, 1.165) is 33.2 Å². The Morgan fingerprint density at radius 3 is 2.38 bits per heavy atom. The van der Waals surface area contributed by atoms with Crippen LogP contribution in [0.25, 0.3) is 22.0 Å². The third kappa shape index (κ3) is 2.27. The van der Waals surface area contributed by atoms with Gasteiger partial charge in [0.25, 0.3) is 0 Å². The molecule has 4 rings (SSSR count). The fourth-order valence-electron chi connectivity index (χ4n) is 3.84. The SMILES string of the molecule is COc1cc2c(c(OC)c1OC)-c1cc3c(ccn3C)cc1C(=O)CC2. The monoisotopic (exact) mass is 351 g/mol. The van der Waals surface area contributed by atoms with Gasteiger partial charge < -0.3 is 18.8 Å². The van der Waals surface area contributed by atoms with Crippen molar-refractivity contribution >= 4 is 16.7 Å². The lowest BCUT2D eigenvalue weighted by Crippen LogP contribution is -2.01. The molecule has 0 fully saturated rings. The third-order valence-corrected chi connectivity index (χ3v) is 5.13. The molecule has 0 aliphatic heterocycles. The number of aromatic nitrogens is 1. The molecule has 1 aliphatic rings. The minimum atomic E-state index is 0.141. The van der Waals surface area contributed by atoms with Crippen LogP contribution in [-0.2, 0) is 13.5 Å². The Morgan fingerprint density at radius 2 is 1.69 bits per heavy atom. The average molecular weight is 351 g/mol. The molecule has 1 heterocycles. The van der Waals surface area contributed by atoms with Gasteiger partial charge in [-0.1, -0.05) is 0 Å².